The fourth-order valence-electron chi connectivity index (χ4n) is 3.69. The maximum atomic E-state index is 11.5. The molecule has 0 spiro atoms. The van der Waals surface area contributed by atoms with E-state index in [1.54, 1.807) is 6.20 Å². The number of hydrogen-bond acceptors (Lipinski definition) is 5. The molecule has 2 aliphatic heterocycles. The molecule has 2 unspecified atom stereocenters. The molecular formula is C15H21N7O. The number of carbonyl (C=O) groups is 1. The van der Waals surface area contributed by atoms with Gasteiger partial charge in [0.25, 0.3) is 0 Å². The number of nitrogens with one attached hydrogen (secondary N) is 2. The van der Waals surface area contributed by atoms with Crippen LogP contribution in [0.1, 0.15) is 26.2 Å². The Bertz CT molecular complexity index is 693. The number of aromatic nitrogens is 5. The number of anilines is 1. The normalized spacial score (nSPS) is 24.4. The maximum absolute atomic E-state index is 11.5. The van der Waals surface area contributed by atoms with Crippen LogP contribution in [-0.2, 0) is 11.3 Å². The van der Waals surface area contributed by atoms with E-state index in [9.17, 15) is 4.79 Å². The lowest BCUT2D eigenvalue weighted by Gasteiger charge is -2.41. The number of fused-ring (bicyclic) bond motifs is 1. The van der Waals surface area contributed by atoms with E-state index in [1.165, 1.54) is 0 Å². The number of H-pyrrole nitrogens is 1. The molecule has 4 heterocycles. The third kappa shape index (κ3) is 2.47. The van der Waals surface area contributed by atoms with Gasteiger partial charge in [0.1, 0.15) is 5.69 Å². The highest BCUT2D eigenvalue weighted by molar-refractivity contribution is 5.77. The Kier molecular flexibility index (Phi) is 3.51. The molecule has 2 N–H and O–H groups in total. The van der Waals surface area contributed by atoms with Gasteiger partial charge < -0.3 is 10.2 Å². The van der Waals surface area contributed by atoms with Gasteiger partial charge in [0.15, 0.2) is 5.82 Å². The van der Waals surface area contributed by atoms with Crippen molar-refractivity contribution in [1.29, 1.82) is 0 Å². The number of nitrogens with zero attached hydrogens (tertiary/aromatic N) is 5. The predicted molar refractivity (Wildman–Crippen MR) is 84.8 cm³/mol. The van der Waals surface area contributed by atoms with Crippen LogP contribution in [0.3, 0.4) is 0 Å². The smallest absolute Gasteiger partial charge is 0.227 e. The Balaban J connectivity index is 1.58. The molecule has 2 atom stereocenters. The summed E-state index contributed by atoms with van der Waals surface area (Å²) in [5.74, 6) is 2.42. The van der Waals surface area contributed by atoms with Crippen molar-refractivity contribution >= 4 is 11.9 Å². The van der Waals surface area contributed by atoms with Crippen molar-refractivity contribution < 1.29 is 4.79 Å². The van der Waals surface area contributed by atoms with E-state index < -0.39 is 0 Å². The molecule has 0 aliphatic carbocycles. The van der Waals surface area contributed by atoms with Gasteiger partial charge in [0.2, 0.25) is 11.9 Å². The van der Waals surface area contributed by atoms with Crippen molar-refractivity contribution in [3.8, 4) is 11.5 Å². The molecular weight excluding hydrogens is 294 g/mol. The van der Waals surface area contributed by atoms with Gasteiger partial charge in [-0.3, -0.25) is 14.5 Å². The number of hydrogen-bond donors (Lipinski definition) is 2. The highest BCUT2D eigenvalue weighted by Gasteiger charge is 2.35. The molecule has 2 fully saturated rings. The molecule has 8 heteroatoms. The largest absolute Gasteiger partial charge is 0.353 e. The zero-order chi connectivity index (χ0) is 15.8. The van der Waals surface area contributed by atoms with E-state index in [0.717, 1.165) is 49.9 Å². The number of carbonyl (C=O) groups excluding carboxylic acids is 1. The lowest BCUT2D eigenvalue weighted by Crippen LogP contribution is -2.54. The molecule has 0 saturated carbocycles. The summed E-state index contributed by atoms with van der Waals surface area (Å²) in [6, 6.07) is 2.22. The molecule has 0 radical (unpaired) electrons. The first-order valence-corrected chi connectivity index (χ1v) is 8.23. The fraction of sp³-hybridized carbons (Fsp3) is 0.600. The molecule has 0 aromatic carbocycles. The number of rotatable bonds is 3. The van der Waals surface area contributed by atoms with Gasteiger partial charge in [-0.15, -0.1) is 10.2 Å². The van der Waals surface area contributed by atoms with Gasteiger partial charge in [0.05, 0.1) is 0 Å². The van der Waals surface area contributed by atoms with Crippen molar-refractivity contribution in [2.24, 2.45) is 5.92 Å². The van der Waals surface area contributed by atoms with Crippen LogP contribution in [0.4, 0.5) is 5.95 Å². The monoisotopic (exact) mass is 315 g/mol. The van der Waals surface area contributed by atoms with E-state index in [0.29, 0.717) is 18.4 Å². The van der Waals surface area contributed by atoms with Crippen LogP contribution in [-0.4, -0.2) is 50.0 Å². The van der Waals surface area contributed by atoms with Crippen LogP contribution >= 0.6 is 0 Å². The average molecular weight is 315 g/mol. The zero-order valence-corrected chi connectivity index (χ0v) is 13.2. The number of aromatic amines is 1. The van der Waals surface area contributed by atoms with Crippen molar-refractivity contribution in [3.05, 3.63) is 12.3 Å². The second-order valence-electron chi connectivity index (χ2n) is 6.25. The minimum atomic E-state index is 0.193. The van der Waals surface area contributed by atoms with Crippen LogP contribution in [0, 0.1) is 5.92 Å². The lowest BCUT2D eigenvalue weighted by atomic mass is 9.85. The molecule has 2 aromatic rings. The molecule has 2 aliphatic rings. The van der Waals surface area contributed by atoms with Crippen LogP contribution < -0.4 is 10.2 Å². The summed E-state index contributed by atoms with van der Waals surface area (Å²) >= 11 is 0. The molecule has 23 heavy (non-hydrogen) atoms. The van der Waals surface area contributed by atoms with Crippen LogP contribution in [0.25, 0.3) is 11.5 Å². The van der Waals surface area contributed by atoms with Crippen LogP contribution in [0.15, 0.2) is 12.3 Å². The number of amides is 1. The SMILES string of the molecule is CCn1c(-c2ccn[nH]2)nnc1N1CCC2NC(=O)CCC2C1. The van der Waals surface area contributed by atoms with Gasteiger partial charge in [-0.05, 0) is 31.7 Å². The molecule has 2 saturated heterocycles. The van der Waals surface area contributed by atoms with Gasteiger partial charge in [0, 0.05) is 38.3 Å². The minimum absolute atomic E-state index is 0.193. The third-order valence-electron chi connectivity index (χ3n) is 4.89. The summed E-state index contributed by atoms with van der Waals surface area (Å²) in [7, 11) is 0. The quantitative estimate of drug-likeness (QED) is 0.874. The van der Waals surface area contributed by atoms with Crippen molar-refractivity contribution in [1.82, 2.24) is 30.3 Å². The van der Waals surface area contributed by atoms with E-state index in [-0.39, 0.29) is 5.91 Å². The Labute approximate surface area is 134 Å². The molecule has 8 nitrogen and oxygen atoms in total. The van der Waals surface area contributed by atoms with Crippen molar-refractivity contribution in [2.75, 3.05) is 18.0 Å². The lowest BCUT2D eigenvalue weighted by molar-refractivity contribution is -0.124. The Morgan fingerprint density at radius 1 is 1.35 bits per heavy atom. The highest BCUT2D eigenvalue weighted by Crippen LogP contribution is 2.29. The summed E-state index contributed by atoms with van der Waals surface area (Å²) in [4.78, 5) is 13.8. The topological polar surface area (TPSA) is 91.7 Å². The zero-order valence-electron chi connectivity index (χ0n) is 13.2. The van der Waals surface area contributed by atoms with Crippen LogP contribution in [0.5, 0.6) is 0 Å². The first kappa shape index (κ1) is 14.2. The Morgan fingerprint density at radius 3 is 3.04 bits per heavy atom. The maximum Gasteiger partial charge on any atom is 0.227 e. The standard InChI is InChI=1S/C15H21N7O/c1-2-22-14(12-5-7-16-18-12)19-20-15(22)21-8-6-11-10(9-21)3-4-13(23)17-11/h5,7,10-11H,2-4,6,8-9H2,1H3,(H,16,18)(H,17,23). The second kappa shape index (κ2) is 5.68. The van der Waals surface area contributed by atoms with E-state index in [2.05, 4.69) is 42.1 Å². The average Bonchev–Trinajstić information content (AvgIpc) is 3.23. The molecule has 4 rings (SSSR count). The van der Waals surface area contributed by atoms with Crippen molar-refractivity contribution in [3.63, 3.8) is 0 Å². The second-order valence-corrected chi connectivity index (χ2v) is 6.25. The van der Waals surface area contributed by atoms with Gasteiger partial charge in [-0.1, -0.05) is 0 Å². The summed E-state index contributed by atoms with van der Waals surface area (Å²) in [6.45, 7) is 4.72. The predicted octanol–water partition coefficient (Wildman–Crippen LogP) is 0.793. The van der Waals surface area contributed by atoms with E-state index in [1.807, 2.05) is 6.07 Å². The summed E-state index contributed by atoms with van der Waals surface area (Å²) in [6.07, 6.45) is 4.28. The Hall–Kier alpha value is -2.38. The minimum Gasteiger partial charge on any atom is -0.353 e. The Morgan fingerprint density at radius 2 is 2.26 bits per heavy atom. The first-order valence-electron chi connectivity index (χ1n) is 8.23. The van der Waals surface area contributed by atoms with Gasteiger partial charge >= 0.3 is 0 Å². The first-order chi connectivity index (χ1) is 11.3. The van der Waals surface area contributed by atoms with E-state index >= 15 is 0 Å². The van der Waals surface area contributed by atoms with E-state index in [4.69, 9.17) is 0 Å². The third-order valence-corrected chi connectivity index (χ3v) is 4.89. The molecule has 2 aromatic heterocycles. The molecule has 0 bridgehead atoms. The van der Waals surface area contributed by atoms with Gasteiger partial charge in [-0.2, -0.15) is 5.10 Å². The summed E-state index contributed by atoms with van der Waals surface area (Å²) in [5.41, 5.74) is 0.880. The molecule has 1 amide bonds. The van der Waals surface area contributed by atoms with Crippen LogP contribution in [0.2, 0.25) is 0 Å². The van der Waals surface area contributed by atoms with Gasteiger partial charge in [-0.25, -0.2) is 0 Å². The summed E-state index contributed by atoms with van der Waals surface area (Å²) < 4.78 is 2.12. The fourth-order valence-corrected chi connectivity index (χ4v) is 3.69. The molecule has 122 valence electrons. The number of piperidine rings is 2. The highest BCUT2D eigenvalue weighted by atomic mass is 16.1. The summed E-state index contributed by atoms with van der Waals surface area (Å²) in [5, 5.41) is 18.9. The van der Waals surface area contributed by atoms with Crippen molar-refractivity contribution in [2.45, 2.75) is 38.8 Å².